The Labute approximate surface area is 166 Å². The molecule has 2 N–H and O–H groups in total. The maximum Gasteiger partial charge on any atom is 0.303 e. The number of likely N-dealkylation sites (tertiary alicyclic amines) is 1. The molecule has 0 bridgehead atoms. The van der Waals surface area contributed by atoms with E-state index in [1.807, 2.05) is 17.9 Å². The van der Waals surface area contributed by atoms with Gasteiger partial charge in [0.1, 0.15) is 5.75 Å². The molecule has 1 atom stereocenters. The van der Waals surface area contributed by atoms with Gasteiger partial charge in [-0.1, -0.05) is 12.1 Å². The molecule has 1 aromatic carbocycles. The third-order valence-corrected chi connectivity index (χ3v) is 4.92. The van der Waals surface area contributed by atoms with Crippen molar-refractivity contribution in [1.29, 1.82) is 0 Å². The molecule has 1 heterocycles. The molecule has 1 fully saturated rings. The first-order valence-electron chi connectivity index (χ1n) is 10.0. The number of carboxylic acid groups (broad SMARTS) is 1. The number of carbonyl (C=O) groups excluding carboxylic acids is 2. The predicted molar refractivity (Wildman–Crippen MR) is 105 cm³/mol. The van der Waals surface area contributed by atoms with E-state index in [4.69, 9.17) is 9.84 Å². The highest BCUT2D eigenvalue weighted by atomic mass is 16.5. The molecule has 7 heteroatoms. The van der Waals surface area contributed by atoms with Gasteiger partial charge < -0.3 is 20.1 Å². The van der Waals surface area contributed by atoms with Gasteiger partial charge in [-0.05, 0) is 51.2 Å². The van der Waals surface area contributed by atoms with Crippen LogP contribution < -0.4 is 10.1 Å². The van der Waals surface area contributed by atoms with E-state index in [0.29, 0.717) is 50.3 Å². The van der Waals surface area contributed by atoms with E-state index >= 15 is 0 Å². The fourth-order valence-corrected chi connectivity index (χ4v) is 3.54. The number of carboxylic acids is 1. The normalized spacial score (nSPS) is 16.5. The number of carbonyl (C=O) groups is 3. The first kappa shape index (κ1) is 21.7. The van der Waals surface area contributed by atoms with Crippen LogP contribution in [0.5, 0.6) is 5.75 Å². The zero-order valence-corrected chi connectivity index (χ0v) is 16.5. The van der Waals surface area contributed by atoms with Crippen LogP contribution in [0.1, 0.15) is 62.2 Å². The molecule has 1 aromatic rings. The lowest BCUT2D eigenvalue weighted by atomic mass is 9.97. The number of ether oxygens (including phenoxy) is 1. The Kier molecular flexibility index (Phi) is 8.78. The second-order valence-electron chi connectivity index (χ2n) is 6.96. The van der Waals surface area contributed by atoms with Crippen LogP contribution in [0, 0.1) is 0 Å². The molecule has 1 unspecified atom stereocenters. The van der Waals surface area contributed by atoms with Crippen molar-refractivity contribution < 1.29 is 24.2 Å². The third-order valence-electron chi connectivity index (χ3n) is 4.92. The number of aliphatic carboxylic acids is 1. The quantitative estimate of drug-likeness (QED) is 0.599. The van der Waals surface area contributed by atoms with E-state index in [2.05, 4.69) is 5.32 Å². The molecule has 1 aliphatic heterocycles. The summed E-state index contributed by atoms with van der Waals surface area (Å²) in [6, 6.07) is 7.10. The fraction of sp³-hybridized carbons (Fsp3) is 0.571. The minimum atomic E-state index is -0.826. The van der Waals surface area contributed by atoms with E-state index in [9.17, 15) is 14.4 Å². The average molecular weight is 390 g/mol. The maximum atomic E-state index is 12.6. The number of hydrogen-bond donors (Lipinski definition) is 2. The number of amides is 2. The van der Waals surface area contributed by atoms with Gasteiger partial charge in [-0.25, -0.2) is 0 Å². The molecule has 0 radical (unpaired) electrons. The summed E-state index contributed by atoms with van der Waals surface area (Å²) in [5.74, 6) is -0.450. The summed E-state index contributed by atoms with van der Waals surface area (Å²) in [5, 5.41) is 11.7. The fourth-order valence-electron chi connectivity index (χ4n) is 3.54. The zero-order valence-electron chi connectivity index (χ0n) is 16.5. The van der Waals surface area contributed by atoms with Crippen molar-refractivity contribution in [3.8, 4) is 5.75 Å². The van der Waals surface area contributed by atoms with Crippen LogP contribution >= 0.6 is 0 Å². The molecular weight excluding hydrogens is 360 g/mol. The van der Waals surface area contributed by atoms with Gasteiger partial charge in [0.15, 0.2) is 0 Å². The zero-order chi connectivity index (χ0) is 20.4. The van der Waals surface area contributed by atoms with E-state index in [1.165, 1.54) is 0 Å². The number of nitrogens with zero attached hydrogens (tertiary/aromatic N) is 1. The number of para-hydroxylation sites is 1. The first-order valence-corrected chi connectivity index (χ1v) is 10.0. The topological polar surface area (TPSA) is 95.9 Å². The van der Waals surface area contributed by atoms with Crippen LogP contribution in [0.25, 0.3) is 0 Å². The number of benzene rings is 1. The van der Waals surface area contributed by atoms with Crippen molar-refractivity contribution in [2.24, 2.45) is 0 Å². The van der Waals surface area contributed by atoms with Crippen LogP contribution in [-0.2, 0) is 9.59 Å². The minimum absolute atomic E-state index is 0.0185. The molecule has 0 aliphatic carbocycles. The van der Waals surface area contributed by atoms with E-state index in [1.54, 1.807) is 18.2 Å². The van der Waals surface area contributed by atoms with Crippen molar-refractivity contribution in [3.05, 3.63) is 29.8 Å². The van der Waals surface area contributed by atoms with Crippen LogP contribution in [-0.4, -0.2) is 53.5 Å². The van der Waals surface area contributed by atoms with Gasteiger partial charge in [0.05, 0.1) is 12.2 Å². The van der Waals surface area contributed by atoms with Crippen molar-refractivity contribution in [2.45, 2.75) is 57.9 Å². The molecule has 2 amide bonds. The predicted octanol–water partition coefficient (Wildman–Crippen LogP) is 2.84. The minimum Gasteiger partial charge on any atom is -0.493 e. The number of hydrogen-bond acceptors (Lipinski definition) is 4. The Balaban J connectivity index is 1.78. The largest absolute Gasteiger partial charge is 0.493 e. The van der Waals surface area contributed by atoms with Gasteiger partial charge in [-0.2, -0.15) is 0 Å². The monoisotopic (exact) mass is 390 g/mol. The molecule has 154 valence electrons. The lowest BCUT2D eigenvalue weighted by molar-refractivity contribution is -0.140. The Hall–Kier alpha value is -2.57. The molecule has 0 spiro atoms. The Morgan fingerprint density at radius 2 is 2.00 bits per heavy atom. The summed E-state index contributed by atoms with van der Waals surface area (Å²) in [6.07, 6.45) is 4.34. The van der Waals surface area contributed by atoms with E-state index < -0.39 is 5.97 Å². The van der Waals surface area contributed by atoms with Gasteiger partial charge in [0, 0.05) is 32.0 Å². The van der Waals surface area contributed by atoms with Gasteiger partial charge in [0.25, 0.3) is 5.91 Å². The highest BCUT2D eigenvalue weighted by Crippen LogP contribution is 2.22. The van der Waals surface area contributed by atoms with Crippen LogP contribution in [0.15, 0.2) is 24.3 Å². The lowest BCUT2D eigenvalue weighted by Crippen LogP contribution is -2.44. The highest BCUT2D eigenvalue weighted by molar-refractivity contribution is 5.96. The number of nitrogens with one attached hydrogen (secondary N) is 1. The Bertz CT molecular complexity index is 677. The molecule has 7 nitrogen and oxygen atoms in total. The summed E-state index contributed by atoms with van der Waals surface area (Å²) in [5.41, 5.74) is 0.487. The average Bonchev–Trinajstić information content (AvgIpc) is 2.70. The summed E-state index contributed by atoms with van der Waals surface area (Å²) in [7, 11) is 0. The lowest BCUT2D eigenvalue weighted by Gasteiger charge is -2.35. The molecule has 0 saturated carbocycles. The molecule has 1 aliphatic rings. The molecular formula is C21H30N2O5. The van der Waals surface area contributed by atoms with Crippen LogP contribution in [0.2, 0.25) is 0 Å². The summed E-state index contributed by atoms with van der Waals surface area (Å²) >= 11 is 0. The van der Waals surface area contributed by atoms with Crippen LogP contribution in [0.3, 0.4) is 0 Å². The van der Waals surface area contributed by atoms with Gasteiger partial charge in [0.2, 0.25) is 5.91 Å². The van der Waals surface area contributed by atoms with Crippen molar-refractivity contribution in [1.82, 2.24) is 10.2 Å². The van der Waals surface area contributed by atoms with Crippen LogP contribution in [0.4, 0.5) is 0 Å². The highest BCUT2D eigenvalue weighted by Gasteiger charge is 2.26. The molecule has 1 saturated heterocycles. The number of piperidine rings is 1. The second kappa shape index (κ2) is 11.3. The summed E-state index contributed by atoms with van der Waals surface area (Å²) in [4.78, 5) is 37.6. The third kappa shape index (κ3) is 6.55. The van der Waals surface area contributed by atoms with Gasteiger partial charge in [-0.3, -0.25) is 14.4 Å². The second-order valence-corrected chi connectivity index (χ2v) is 6.96. The van der Waals surface area contributed by atoms with Crippen molar-refractivity contribution in [2.75, 3.05) is 19.7 Å². The summed E-state index contributed by atoms with van der Waals surface area (Å²) in [6.45, 7) is 3.44. The van der Waals surface area contributed by atoms with Crippen molar-refractivity contribution in [3.63, 3.8) is 0 Å². The Morgan fingerprint density at radius 3 is 2.75 bits per heavy atom. The van der Waals surface area contributed by atoms with E-state index in [0.717, 1.165) is 19.3 Å². The van der Waals surface area contributed by atoms with E-state index in [-0.39, 0.29) is 24.3 Å². The molecule has 0 aromatic heterocycles. The maximum absolute atomic E-state index is 12.6. The standard InChI is InChI=1S/C21H30N2O5/c1-2-28-18-10-4-3-9-17(18)21(27)22-14-7-11-19(24)23-15-6-5-8-16(23)12-13-20(25)26/h3-4,9-10,16H,2,5-8,11-15H2,1H3,(H,22,27)(H,25,26). The number of rotatable bonds is 10. The summed E-state index contributed by atoms with van der Waals surface area (Å²) < 4.78 is 5.47. The Morgan fingerprint density at radius 1 is 1.21 bits per heavy atom. The molecule has 28 heavy (non-hydrogen) atoms. The molecule has 2 rings (SSSR count). The smallest absolute Gasteiger partial charge is 0.303 e. The van der Waals surface area contributed by atoms with Gasteiger partial charge in [-0.15, -0.1) is 0 Å². The first-order chi connectivity index (χ1) is 13.5. The van der Waals surface area contributed by atoms with Crippen molar-refractivity contribution >= 4 is 17.8 Å². The SMILES string of the molecule is CCOc1ccccc1C(=O)NCCCC(=O)N1CCCCC1CCC(=O)O. The van der Waals surface area contributed by atoms with Gasteiger partial charge >= 0.3 is 5.97 Å².